The van der Waals surface area contributed by atoms with E-state index in [1.807, 2.05) is 41.8 Å². The molecule has 0 atom stereocenters. The zero-order chi connectivity index (χ0) is 20.5. The van der Waals surface area contributed by atoms with Crippen LogP contribution in [0.4, 0.5) is 5.69 Å². The highest BCUT2D eigenvalue weighted by Crippen LogP contribution is 2.32. The third-order valence-corrected chi connectivity index (χ3v) is 6.44. The largest absolute Gasteiger partial charge is 0.482 e. The van der Waals surface area contributed by atoms with Crippen LogP contribution >= 0.6 is 23.1 Å². The number of para-hydroxylation sites is 1. The fourth-order valence-electron chi connectivity index (χ4n) is 3.15. The Hall–Kier alpha value is -3.23. The molecule has 8 heteroatoms. The van der Waals surface area contributed by atoms with Crippen LogP contribution in [0.5, 0.6) is 5.75 Å². The summed E-state index contributed by atoms with van der Waals surface area (Å²) in [5.41, 5.74) is 1.89. The molecule has 30 heavy (non-hydrogen) atoms. The molecule has 0 radical (unpaired) electrons. The monoisotopic (exact) mass is 433 g/mol. The molecule has 1 N–H and O–H groups in total. The van der Waals surface area contributed by atoms with Gasteiger partial charge in [-0.05, 0) is 35.7 Å². The number of fused-ring (bicyclic) bond motifs is 2. The summed E-state index contributed by atoms with van der Waals surface area (Å²) in [6.07, 6.45) is 0. The van der Waals surface area contributed by atoms with E-state index < -0.39 is 0 Å². The van der Waals surface area contributed by atoms with Gasteiger partial charge in [-0.1, -0.05) is 36.0 Å². The van der Waals surface area contributed by atoms with Crippen molar-refractivity contribution in [3.63, 3.8) is 0 Å². The molecule has 1 aliphatic heterocycles. The minimum absolute atomic E-state index is 0.0104. The summed E-state index contributed by atoms with van der Waals surface area (Å²) in [7, 11) is 0. The van der Waals surface area contributed by atoms with Crippen LogP contribution in [0, 0.1) is 0 Å². The molecule has 6 nitrogen and oxygen atoms in total. The van der Waals surface area contributed by atoms with Crippen LogP contribution in [0.15, 0.2) is 65.0 Å². The predicted octanol–water partition coefficient (Wildman–Crippen LogP) is 4.66. The Morgan fingerprint density at radius 1 is 1.13 bits per heavy atom. The van der Waals surface area contributed by atoms with Crippen LogP contribution < -0.4 is 10.1 Å². The molecule has 0 saturated heterocycles. The molecule has 0 saturated carbocycles. The summed E-state index contributed by atoms with van der Waals surface area (Å²) in [5.74, 6) is 1.17. The highest BCUT2D eigenvalue weighted by atomic mass is 32.2. The number of carbonyl (C=O) groups is 2. The number of ketones is 1. The molecule has 4 aromatic rings. The lowest BCUT2D eigenvalue weighted by molar-refractivity contribution is -0.118. The number of benzene rings is 2. The fourth-order valence-corrected chi connectivity index (χ4v) is 4.72. The summed E-state index contributed by atoms with van der Waals surface area (Å²) in [4.78, 5) is 34.7. The average molecular weight is 434 g/mol. The molecule has 0 spiro atoms. The van der Waals surface area contributed by atoms with Gasteiger partial charge in [0.2, 0.25) is 0 Å². The minimum atomic E-state index is -0.227. The molecule has 1 amide bonds. The lowest BCUT2D eigenvalue weighted by atomic mass is 10.1. The second kappa shape index (κ2) is 7.89. The van der Waals surface area contributed by atoms with Crippen molar-refractivity contribution in [2.24, 2.45) is 0 Å². The normalized spacial score (nSPS) is 12.9. The maximum atomic E-state index is 12.8. The van der Waals surface area contributed by atoms with Crippen molar-refractivity contribution in [2.75, 3.05) is 17.7 Å². The van der Waals surface area contributed by atoms with Gasteiger partial charge in [0.25, 0.3) is 5.91 Å². The van der Waals surface area contributed by atoms with Gasteiger partial charge in [-0.25, -0.2) is 9.97 Å². The number of nitrogens with zero attached hydrogens (tertiary/aromatic N) is 2. The number of thioether (sulfide) groups is 1. The van der Waals surface area contributed by atoms with E-state index in [-0.39, 0.29) is 24.1 Å². The number of rotatable bonds is 5. The Morgan fingerprint density at radius 2 is 2.03 bits per heavy atom. The molecular formula is C22H15N3O3S2. The van der Waals surface area contributed by atoms with Gasteiger partial charge in [0.1, 0.15) is 10.8 Å². The quantitative estimate of drug-likeness (QED) is 0.280. The van der Waals surface area contributed by atoms with Crippen LogP contribution in [0.2, 0.25) is 0 Å². The van der Waals surface area contributed by atoms with E-state index in [0.29, 0.717) is 22.8 Å². The summed E-state index contributed by atoms with van der Waals surface area (Å²) < 4.78 is 5.35. The Bertz CT molecular complexity index is 1270. The van der Waals surface area contributed by atoms with Crippen molar-refractivity contribution in [3.05, 3.63) is 65.5 Å². The van der Waals surface area contributed by atoms with Crippen molar-refractivity contribution in [1.82, 2.24) is 9.97 Å². The third kappa shape index (κ3) is 3.67. The van der Waals surface area contributed by atoms with E-state index in [2.05, 4.69) is 10.3 Å². The van der Waals surface area contributed by atoms with E-state index in [9.17, 15) is 9.59 Å². The zero-order valence-electron chi connectivity index (χ0n) is 15.6. The van der Waals surface area contributed by atoms with Crippen molar-refractivity contribution < 1.29 is 14.3 Å². The molecule has 0 bridgehead atoms. The second-order valence-corrected chi connectivity index (χ2v) is 8.52. The van der Waals surface area contributed by atoms with Gasteiger partial charge in [0.05, 0.1) is 21.8 Å². The summed E-state index contributed by atoms with van der Waals surface area (Å²) in [6.45, 7) is -0.0104. The minimum Gasteiger partial charge on any atom is -0.482 e. The van der Waals surface area contributed by atoms with Crippen LogP contribution in [0.25, 0.3) is 21.6 Å². The lowest BCUT2D eigenvalue weighted by Crippen LogP contribution is -2.25. The van der Waals surface area contributed by atoms with E-state index in [4.69, 9.17) is 9.72 Å². The first-order valence-electron chi connectivity index (χ1n) is 9.21. The average Bonchev–Trinajstić information content (AvgIpc) is 3.31. The molecule has 0 fully saturated rings. The Kier molecular flexibility index (Phi) is 4.94. The lowest BCUT2D eigenvalue weighted by Gasteiger charge is -2.18. The molecule has 2 aromatic carbocycles. The number of thiophene rings is 1. The molecule has 0 aliphatic carbocycles. The Labute approximate surface area is 180 Å². The van der Waals surface area contributed by atoms with E-state index in [0.717, 1.165) is 20.8 Å². The standard InChI is InChI=1S/C22H15N3O3S2/c26-17(13-7-8-18-16(10-13)23-20(27)11-28-18)12-30-22-14-4-1-2-5-15(14)24-21(25-22)19-6-3-9-29-19/h1-10H,11-12H2,(H,23,27). The summed E-state index contributed by atoms with van der Waals surface area (Å²) >= 11 is 2.97. The van der Waals surface area contributed by atoms with Crippen LogP contribution in [0.1, 0.15) is 10.4 Å². The van der Waals surface area contributed by atoms with Crippen molar-refractivity contribution in [2.45, 2.75) is 5.03 Å². The smallest absolute Gasteiger partial charge is 0.262 e. The van der Waals surface area contributed by atoms with Crippen molar-refractivity contribution in [1.29, 1.82) is 0 Å². The van der Waals surface area contributed by atoms with Gasteiger partial charge in [-0.15, -0.1) is 11.3 Å². The summed E-state index contributed by atoms with van der Waals surface area (Å²) in [6, 6.07) is 16.8. The second-order valence-electron chi connectivity index (χ2n) is 6.61. The first kappa shape index (κ1) is 18.8. The maximum Gasteiger partial charge on any atom is 0.262 e. The Balaban J connectivity index is 1.41. The number of carbonyl (C=O) groups excluding carboxylic acids is 2. The third-order valence-electron chi connectivity index (χ3n) is 4.58. The van der Waals surface area contributed by atoms with Gasteiger partial charge in [-0.3, -0.25) is 9.59 Å². The number of Topliss-reactive ketones (excluding diaryl/α,β-unsaturated/α-hetero) is 1. The molecule has 5 rings (SSSR count). The van der Waals surface area contributed by atoms with Crippen LogP contribution in [-0.2, 0) is 4.79 Å². The first-order chi connectivity index (χ1) is 14.7. The van der Waals surface area contributed by atoms with Crippen LogP contribution in [-0.4, -0.2) is 34.0 Å². The number of nitrogens with one attached hydrogen (secondary N) is 1. The van der Waals surface area contributed by atoms with Gasteiger partial charge in [0, 0.05) is 10.9 Å². The van der Waals surface area contributed by atoms with Gasteiger partial charge in [0.15, 0.2) is 18.2 Å². The number of hydrogen-bond acceptors (Lipinski definition) is 7. The van der Waals surface area contributed by atoms with Gasteiger partial charge < -0.3 is 10.1 Å². The first-order valence-corrected chi connectivity index (χ1v) is 11.1. The fraction of sp³-hybridized carbons (Fsp3) is 0.0909. The highest BCUT2D eigenvalue weighted by molar-refractivity contribution is 8.00. The topological polar surface area (TPSA) is 81.2 Å². The molecule has 2 aromatic heterocycles. The molecule has 1 aliphatic rings. The van der Waals surface area contributed by atoms with Gasteiger partial charge in [-0.2, -0.15) is 0 Å². The maximum absolute atomic E-state index is 12.8. The number of anilines is 1. The predicted molar refractivity (Wildman–Crippen MR) is 118 cm³/mol. The van der Waals surface area contributed by atoms with E-state index >= 15 is 0 Å². The molecule has 148 valence electrons. The van der Waals surface area contributed by atoms with Crippen molar-refractivity contribution >= 4 is 51.4 Å². The number of hydrogen-bond donors (Lipinski definition) is 1. The Morgan fingerprint density at radius 3 is 2.90 bits per heavy atom. The molecular weight excluding hydrogens is 418 g/mol. The number of aromatic nitrogens is 2. The zero-order valence-corrected chi connectivity index (χ0v) is 17.3. The van der Waals surface area contributed by atoms with Crippen molar-refractivity contribution in [3.8, 4) is 16.5 Å². The number of ether oxygens (including phenoxy) is 1. The highest BCUT2D eigenvalue weighted by Gasteiger charge is 2.18. The molecule has 0 unspecified atom stereocenters. The molecule has 3 heterocycles. The number of amides is 1. The van der Waals surface area contributed by atoms with Gasteiger partial charge >= 0.3 is 0 Å². The van der Waals surface area contributed by atoms with Crippen LogP contribution in [0.3, 0.4) is 0 Å². The van der Waals surface area contributed by atoms with E-state index in [1.165, 1.54) is 11.8 Å². The van der Waals surface area contributed by atoms with E-state index in [1.54, 1.807) is 29.5 Å². The SMILES string of the molecule is O=C1COc2ccc(C(=O)CSc3nc(-c4cccs4)nc4ccccc34)cc2N1. The summed E-state index contributed by atoms with van der Waals surface area (Å²) in [5, 5.41) is 6.41.